The first kappa shape index (κ1) is 14.1. The molecule has 0 bridgehead atoms. The summed E-state index contributed by atoms with van der Waals surface area (Å²) in [4.78, 5) is 17.3. The molecular formula is C4H11O7P. The summed E-state index contributed by atoms with van der Waals surface area (Å²) < 4.78 is 13.9. The number of hydrogen-bond acceptors (Lipinski definition) is 5. The Labute approximate surface area is 68.8 Å². The third-order valence-electron chi connectivity index (χ3n) is 0.433. The van der Waals surface area contributed by atoms with Gasteiger partial charge in [0, 0.05) is 6.66 Å². The molecule has 1 unspecified atom stereocenters. The van der Waals surface area contributed by atoms with E-state index in [0.29, 0.717) is 0 Å². The van der Waals surface area contributed by atoms with Gasteiger partial charge in [0.05, 0.1) is 0 Å². The third kappa shape index (κ3) is 22.7. The van der Waals surface area contributed by atoms with Crippen LogP contribution in [0.3, 0.4) is 0 Å². The zero-order valence-corrected chi connectivity index (χ0v) is 7.27. The van der Waals surface area contributed by atoms with Crippen molar-refractivity contribution in [1.29, 1.82) is 0 Å². The molecule has 0 aliphatic carbocycles. The Kier molecular flexibility index (Phi) is 8.46. The molecule has 12 heavy (non-hydrogen) atoms. The molecule has 1 atom stereocenters. The van der Waals surface area contributed by atoms with Crippen molar-refractivity contribution in [2.45, 2.75) is 0 Å². The van der Waals surface area contributed by atoms with E-state index in [0.717, 1.165) is 6.66 Å². The van der Waals surface area contributed by atoms with Crippen LogP contribution in [0.25, 0.3) is 0 Å². The smallest absolute Gasteiger partial charge is 0.329 e. The predicted molar refractivity (Wildman–Crippen MR) is 38.6 cm³/mol. The van der Waals surface area contributed by atoms with Gasteiger partial charge in [0.15, 0.2) is 6.79 Å². The normalized spacial score (nSPS) is 14.0. The van der Waals surface area contributed by atoms with Gasteiger partial charge in [0.25, 0.3) is 0 Å². The van der Waals surface area contributed by atoms with Crippen molar-refractivity contribution in [3.63, 3.8) is 0 Å². The minimum absolute atomic E-state index is 0.704. The number of aliphatic carboxylic acids is 1. The van der Waals surface area contributed by atoms with Gasteiger partial charge in [0.1, 0.15) is 6.61 Å². The molecule has 0 aliphatic heterocycles. The Balaban J connectivity index is 0. The number of aliphatic hydroxyl groups excluding tert-OH is 2. The number of carbonyl (C=O) groups is 1. The van der Waals surface area contributed by atoms with Crippen molar-refractivity contribution in [3.8, 4) is 0 Å². The third-order valence-corrected chi connectivity index (χ3v) is 1.03. The molecule has 4 N–H and O–H groups in total. The van der Waals surface area contributed by atoms with E-state index in [2.05, 4.69) is 4.52 Å². The summed E-state index contributed by atoms with van der Waals surface area (Å²) in [5.41, 5.74) is 0. The summed E-state index contributed by atoms with van der Waals surface area (Å²) in [5, 5.41) is 22.9. The van der Waals surface area contributed by atoms with E-state index in [1.165, 1.54) is 0 Å². The fraction of sp³-hybridized carbons (Fsp3) is 0.750. The molecule has 0 saturated carbocycles. The molecule has 0 aromatic rings. The molecular weight excluding hydrogens is 191 g/mol. The maximum atomic E-state index is 9.99. The van der Waals surface area contributed by atoms with Crippen LogP contribution < -0.4 is 0 Å². The maximum absolute atomic E-state index is 9.99. The van der Waals surface area contributed by atoms with Crippen LogP contribution in [0.4, 0.5) is 0 Å². The molecule has 0 heterocycles. The zero-order chi connectivity index (χ0) is 10.2. The van der Waals surface area contributed by atoms with E-state index in [4.69, 9.17) is 25.0 Å². The summed E-state index contributed by atoms with van der Waals surface area (Å²) in [6.45, 7) is -0.479. The second-order valence-corrected chi connectivity index (χ2v) is 3.48. The molecule has 74 valence electrons. The summed E-state index contributed by atoms with van der Waals surface area (Å²) in [6.07, 6.45) is 0. The van der Waals surface area contributed by atoms with Crippen molar-refractivity contribution in [1.82, 2.24) is 0 Å². The predicted octanol–water partition coefficient (Wildman–Crippen LogP) is -1.17. The minimum atomic E-state index is -3.42. The van der Waals surface area contributed by atoms with Crippen molar-refractivity contribution >= 4 is 13.6 Å². The standard InChI is InChI=1S/C2H7O4P.C2H4O3/c1-7(4,5)6-2-3;3-1-2(4)5/h3H,2H2,1H3,(H,4,5);3H,1H2,(H,4,5). The molecule has 0 radical (unpaired) electrons. The highest BCUT2D eigenvalue weighted by Gasteiger charge is 2.06. The molecule has 0 aromatic heterocycles. The first-order valence-corrected chi connectivity index (χ1v) is 4.74. The van der Waals surface area contributed by atoms with Crippen LogP contribution >= 0.6 is 7.60 Å². The lowest BCUT2D eigenvalue weighted by molar-refractivity contribution is -0.140. The SMILES string of the molecule is CP(=O)(O)OCO.O=C(O)CO. The van der Waals surface area contributed by atoms with Crippen LogP contribution in [-0.4, -0.2) is 46.2 Å². The van der Waals surface area contributed by atoms with Gasteiger partial charge in [-0.2, -0.15) is 0 Å². The van der Waals surface area contributed by atoms with Crippen molar-refractivity contribution in [2.24, 2.45) is 0 Å². The van der Waals surface area contributed by atoms with Gasteiger partial charge in [-0.1, -0.05) is 0 Å². The van der Waals surface area contributed by atoms with Crippen molar-refractivity contribution in [2.75, 3.05) is 20.1 Å². The van der Waals surface area contributed by atoms with E-state index in [1.54, 1.807) is 0 Å². The Morgan fingerprint density at radius 1 is 1.50 bits per heavy atom. The fourth-order valence-electron chi connectivity index (χ4n) is 0.107. The van der Waals surface area contributed by atoms with E-state index in [-0.39, 0.29) is 0 Å². The summed E-state index contributed by atoms with van der Waals surface area (Å²) in [6, 6.07) is 0. The Morgan fingerprint density at radius 2 is 1.83 bits per heavy atom. The molecule has 0 rings (SSSR count). The van der Waals surface area contributed by atoms with Crippen LogP contribution in [0.2, 0.25) is 0 Å². The molecule has 7 nitrogen and oxygen atoms in total. The van der Waals surface area contributed by atoms with Crippen LogP contribution in [-0.2, 0) is 13.9 Å². The highest BCUT2D eigenvalue weighted by atomic mass is 31.2. The van der Waals surface area contributed by atoms with Crippen LogP contribution in [0, 0.1) is 0 Å². The molecule has 0 amide bonds. The van der Waals surface area contributed by atoms with Gasteiger partial charge in [-0.15, -0.1) is 0 Å². The number of aliphatic hydroxyl groups is 2. The van der Waals surface area contributed by atoms with E-state index >= 15 is 0 Å². The first-order chi connectivity index (χ1) is 5.33. The Hall–Kier alpha value is -0.460. The maximum Gasteiger partial charge on any atom is 0.329 e. The lowest BCUT2D eigenvalue weighted by atomic mass is 10.8. The molecule has 0 aromatic carbocycles. The van der Waals surface area contributed by atoms with Crippen molar-refractivity contribution in [3.05, 3.63) is 0 Å². The second kappa shape index (κ2) is 7.20. The number of hydrogen-bond donors (Lipinski definition) is 4. The van der Waals surface area contributed by atoms with Gasteiger partial charge in [-0.25, -0.2) is 4.79 Å². The summed E-state index contributed by atoms with van der Waals surface area (Å²) in [7, 11) is -3.42. The van der Waals surface area contributed by atoms with E-state index in [1.807, 2.05) is 0 Å². The Bertz CT molecular complexity index is 161. The lowest BCUT2D eigenvalue weighted by Gasteiger charge is -1.99. The Morgan fingerprint density at radius 3 is 1.83 bits per heavy atom. The van der Waals surface area contributed by atoms with Gasteiger partial charge in [-0.3, -0.25) is 9.09 Å². The molecule has 0 fully saturated rings. The molecule has 0 aliphatic rings. The number of rotatable bonds is 3. The van der Waals surface area contributed by atoms with Gasteiger partial charge >= 0.3 is 13.6 Å². The molecule has 0 saturated heterocycles. The highest BCUT2D eigenvalue weighted by molar-refractivity contribution is 7.51. The van der Waals surface area contributed by atoms with Crippen molar-refractivity contribution < 1.29 is 34.1 Å². The zero-order valence-electron chi connectivity index (χ0n) is 6.38. The molecule has 0 spiro atoms. The van der Waals surface area contributed by atoms with Gasteiger partial charge < -0.3 is 20.2 Å². The first-order valence-electron chi connectivity index (χ1n) is 2.71. The summed E-state index contributed by atoms with van der Waals surface area (Å²) >= 11 is 0. The van der Waals surface area contributed by atoms with Crippen LogP contribution in [0.5, 0.6) is 0 Å². The second-order valence-electron chi connectivity index (χ2n) is 1.61. The van der Waals surface area contributed by atoms with Crippen LogP contribution in [0.1, 0.15) is 0 Å². The van der Waals surface area contributed by atoms with E-state index < -0.39 is 27.0 Å². The monoisotopic (exact) mass is 202 g/mol. The lowest BCUT2D eigenvalue weighted by Crippen LogP contribution is -1.98. The van der Waals surface area contributed by atoms with E-state index in [9.17, 15) is 4.57 Å². The largest absolute Gasteiger partial charge is 0.480 e. The number of carboxylic acid groups (broad SMARTS) is 1. The number of carboxylic acids is 1. The minimum Gasteiger partial charge on any atom is -0.480 e. The molecule has 8 heteroatoms. The quantitative estimate of drug-likeness (QED) is 0.335. The van der Waals surface area contributed by atoms with Gasteiger partial charge in [0.2, 0.25) is 0 Å². The average molecular weight is 202 g/mol. The van der Waals surface area contributed by atoms with Gasteiger partial charge in [-0.05, 0) is 0 Å². The van der Waals surface area contributed by atoms with Crippen LogP contribution in [0.15, 0.2) is 0 Å². The topological polar surface area (TPSA) is 124 Å². The summed E-state index contributed by atoms with van der Waals surface area (Å²) in [5.74, 6) is -1.19. The average Bonchev–Trinajstić information content (AvgIpc) is 1.86. The fourth-order valence-corrected chi connectivity index (χ4v) is 0.321. The highest BCUT2D eigenvalue weighted by Crippen LogP contribution is 2.35.